The summed E-state index contributed by atoms with van der Waals surface area (Å²) in [4.78, 5) is 2.83. The Bertz CT molecular complexity index is 482. The zero-order chi connectivity index (χ0) is 14.1. The Kier molecular flexibility index (Phi) is 4.00. The van der Waals surface area contributed by atoms with E-state index in [0.717, 1.165) is 18.5 Å². The average Bonchev–Trinajstić information content (AvgIpc) is 2.56. The molecule has 2 aliphatic heterocycles. The molecule has 0 amide bonds. The number of rotatable bonds is 2. The van der Waals surface area contributed by atoms with Gasteiger partial charge in [-0.05, 0) is 62.2 Å². The molecule has 1 aromatic carbocycles. The summed E-state index contributed by atoms with van der Waals surface area (Å²) in [6.07, 6.45) is 9.94. The van der Waals surface area contributed by atoms with Crippen LogP contribution in [-0.4, -0.2) is 30.6 Å². The molecule has 4 rings (SSSR count). The number of fused-ring (bicyclic) bond motifs is 2. The average molecular weight is 284 g/mol. The summed E-state index contributed by atoms with van der Waals surface area (Å²) < 4.78 is 0. The molecule has 0 radical (unpaired) electrons. The van der Waals surface area contributed by atoms with Gasteiger partial charge in [0.1, 0.15) is 0 Å². The summed E-state index contributed by atoms with van der Waals surface area (Å²) in [6.45, 7) is 3.68. The van der Waals surface area contributed by atoms with Gasteiger partial charge in [0.15, 0.2) is 0 Å². The number of benzene rings is 1. The molecule has 3 atom stereocenters. The van der Waals surface area contributed by atoms with Gasteiger partial charge in [0.05, 0.1) is 0 Å². The fourth-order valence-electron chi connectivity index (χ4n) is 4.94. The normalized spacial score (nSPS) is 33.2. The maximum Gasteiger partial charge on any atom is 0.0452 e. The third-order valence-electron chi connectivity index (χ3n) is 5.99. The van der Waals surface area contributed by atoms with Crippen molar-refractivity contribution in [3.05, 3.63) is 35.4 Å². The highest BCUT2D eigenvalue weighted by atomic mass is 15.2. The van der Waals surface area contributed by atoms with Gasteiger partial charge in [-0.3, -0.25) is 4.90 Å². The van der Waals surface area contributed by atoms with Crippen molar-refractivity contribution in [1.29, 1.82) is 0 Å². The van der Waals surface area contributed by atoms with Crippen LogP contribution >= 0.6 is 0 Å². The summed E-state index contributed by atoms with van der Waals surface area (Å²) in [6, 6.07) is 10.5. The van der Waals surface area contributed by atoms with Crippen LogP contribution in [0.4, 0.5) is 0 Å². The molecule has 1 unspecified atom stereocenters. The van der Waals surface area contributed by atoms with E-state index in [1.165, 1.54) is 58.0 Å². The summed E-state index contributed by atoms with van der Waals surface area (Å²) in [7, 11) is 0. The molecule has 3 aliphatic rings. The summed E-state index contributed by atoms with van der Waals surface area (Å²) >= 11 is 0. The van der Waals surface area contributed by atoms with Gasteiger partial charge in [-0.2, -0.15) is 0 Å². The van der Waals surface area contributed by atoms with E-state index in [4.69, 9.17) is 0 Å². The first-order valence-corrected chi connectivity index (χ1v) is 8.97. The summed E-state index contributed by atoms with van der Waals surface area (Å²) in [5, 5.41) is 3.78. The van der Waals surface area contributed by atoms with Crippen LogP contribution in [0.1, 0.15) is 55.7 Å². The highest BCUT2D eigenvalue weighted by Gasteiger charge is 2.34. The van der Waals surface area contributed by atoms with Crippen LogP contribution < -0.4 is 5.32 Å². The molecule has 1 saturated carbocycles. The molecule has 114 valence electrons. The van der Waals surface area contributed by atoms with Crippen molar-refractivity contribution in [2.75, 3.05) is 19.6 Å². The summed E-state index contributed by atoms with van der Waals surface area (Å²) in [5.41, 5.74) is 3.13. The Hall–Kier alpha value is -0.860. The Balaban J connectivity index is 1.50. The first-order valence-electron chi connectivity index (χ1n) is 8.97. The van der Waals surface area contributed by atoms with Crippen molar-refractivity contribution in [3.63, 3.8) is 0 Å². The van der Waals surface area contributed by atoms with Crippen LogP contribution in [-0.2, 0) is 6.42 Å². The minimum atomic E-state index is 0.552. The van der Waals surface area contributed by atoms with E-state index >= 15 is 0 Å². The highest BCUT2D eigenvalue weighted by molar-refractivity contribution is 5.32. The van der Waals surface area contributed by atoms with Gasteiger partial charge in [-0.15, -0.1) is 0 Å². The Morgan fingerprint density at radius 3 is 2.90 bits per heavy atom. The molecular formula is C19H28N2. The second-order valence-electron chi connectivity index (χ2n) is 7.20. The van der Waals surface area contributed by atoms with Gasteiger partial charge in [-0.25, -0.2) is 0 Å². The molecule has 2 heteroatoms. The first kappa shape index (κ1) is 13.8. The maximum absolute atomic E-state index is 3.78. The molecule has 21 heavy (non-hydrogen) atoms. The molecule has 0 aromatic heterocycles. The standard InChI is InChI=1S/C19H28N2/c1-3-9-17-15(6-1)11-12-20-18(17)14-21-13-5-8-16-7-2-4-10-19(16)21/h1,3,6,9,16,18-20H,2,4-5,7-8,10-14H2/t16-,18?,19-/m1/s1. The van der Waals surface area contributed by atoms with Gasteiger partial charge >= 0.3 is 0 Å². The van der Waals surface area contributed by atoms with Gasteiger partial charge in [-0.1, -0.05) is 37.1 Å². The predicted molar refractivity (Wildman–Crippen MR) is 87.4 cm³/mol. The minimum Gasteiger partial charge on any atom is -0.309 e. The van der Waals surface area contributed by atoms with Crippen molar-refractivity contribution in [3.8, 4) is 0 Å². The van der Waals surface area contributed by atoms with Crippen molar-refractivity contribution < 1.29 is 0 Å². The molecule has 1 saturated heterocycles. The SMILES string of the molecule is c1ccc2c(c1)CCNC2CN1CCC[C@H]2CCCC[C@H]21. The van der Waals surface area contributed by atoms with E-state index in [-0.39, 0.29) is 0 Å². The molecule has 0 bridgehead atoms. The van der Waals surface area contributed by atoms with E-state index in [9.17, 15) is 0 Å². The lowest BCUT2D eigenvalue weighted by Gasteiger charge is -2.46. The zero-order valence-corrected chi connectivity index (χ0v) is 13.1. The van der Waals surface area contributed by atoms with Crippen molar-refractivity contribution in [1.82, 2.24) is 10.2 Å². The fraction of sp³-hybridized carbons (Fsp3) is 0.684. The van der Waals surface area contributed by atoms with Crippen LogP contribution in [0.25, 0.3) is 0 Å². The summed E-state index contributed by atoms with van der Waals surface area (Å²) in [5.74, 6) is 0.992. The number of hydrogen-bond donors (Lipinski definition) is 1. The third-order valence-corrected chi connectivity index (χ3v) is 5.99. The van der Waals surface area contributed by atoms with Gasteiger partial charge in [0.25, 0.3) is 0 Å². The van der Waals surface area contributed by atoms with Crippen molar-refractivity contribution in [2.24, 2.45) is 5.92 Å². The topological polar surface area (TPSA) is 15.3 Å². The van der Waals surface area contributed by atoms with Crippen molar-refractivity contribution >= 4 is 0 Å². The number of nitrogens with zero attached hydrogens (tertiary/aromatic N) is 1. The molecule has 2 fully saturated rings. The van der Waals surface area contributed by atoms with E-state index in [2.05, 4.69) is 34.5 Å². The molecule has 1 aromatic rings. The predicted octanol–water partition coefficient (Wildman–Crippen LogP) is 3.53. The zero-order valence-electron chi connectivity index (χ0n) is 13.1. The second kappa shape index (κ2) is 6.10. The Morgan fingerprint density at radius 2 is 1.90 bits per heavy atom. The quantitative estimate of drug-likeness (QED) is 0.894. The third kappa shape index (κ3) is 2.76. The largest absolute Gasteiger partial charge is 0.309 e. The smallest absolute Gasteiger partial charge is 0.0452 e. The second-order valence-corrected chi connectivity index (χ2v) is 7.20. The van der Waals surface area contributed by atoms with Crippen LogP contribution in [0.15, 0.2) is 24.3 Å². The number of nitrogens with one attached hydrogen (secondary N) is 1. The van der Waals surface area contributed by atoms with Crippen LogP contribution in [0.2, 0.25) is 0 Å². The molecular weight excluding hydrogens is 256 g/mol. The molecule has 0 spiro atoms. The Labute approximate surface area is 128 Å². The lowest BCUT2D eigenvalue weighted by Crippen LogP contribution is -2.50. The van der Waals surface area contributed by atoms with E-state index in [1.807, 2.05) is 0 Å². The van der Waals surface area contributed by atoms with E-state index in [0.29, 0.717) is 6.04 Å². The maximum atomic E-state index is 3.78. The van der Waals surface area contributed by atoms with Gasteiger partial charge in [0, 0.05) is 18.6 Å². The molecule has 1 N–H and O–H groups in total. The number of piperidine rings is 1. The number of hydrogen-bond acceptors (Lipinski definition) is 2. The first-order chi connectivity index (χ1) is 10.4. The van der Waals surface area contributed by atoms with Gasteiger partial charge in [0.2, 0.25) is 0 Å². The van der Waals surface area contributed by atoms with Crippen LogP contribution in [0.3, 0.4) is 0 Å². The highest BCUT2D eigenvalue weighted by Crippen LogP contribution is 2.36. The van der Waals surface area contributed by atoms with Crippen LogP contribution in [0.5, 0.6) is 0 Å². The molecule has 1 aliphatic carbocycles. The molecule has 2 heterocycles. The lowest BCUT2D eigenvalue weighted by atomic mass is 9.78. The number of likely N-dealkylation sites (tertiary alicyclic amines) is 1. The molecule has 2 nitrogen and oxygen atoms in total. The van der Waals surface area contributed by atoms with Crippen molar-refractivity contribution in [2.45, 2.75) is 57.0 Å². The fourth-order valence-corrected chi connectivity index (χ4v) is 4.94. The van der Waals surface area contributed by atoms with Crippen LogP contribution in [0, 0.1) is 5.92 Å². The van der Waals surface area contributed by atoms with Gasteiger partial charge < -0.3 is 5.32 Å². The Morgan fingerprint density at radius 1 is 1.05 bits per heavy atom. The lowest BCUT2D eigenvalue weighted by molar-refractivity contribution is 0.0522. The van der Waals surface area contributed by atoms with E-state index < -0.39 is 0 Å². The van der Waals surface area contributed by atoms with E-state index in [1.54, 1.807) is 11.1 Å². The minimum absolute atomic E-state index is 0.552. The monoisotopic (exact) mass is 284 g/mol.